The minimum atomic E-state index is -1.06. The van der Waals surface area contributed by atoms with Crippen LogP contribution >= 0.6 is 0 Å². The van der Waals surface area contributed by atoms with E-state index in [0.717, 1.165) is 12.2 Å². The van der Waals surface area contributed by atoms with Crippen molar-refractivity contribution in [3.8, 4) is 11.5 Å². The average molecular weight is 365 g/mol. The number of rotatable bonds is 6. The van der Waals surface area contributed by atoms with Crippen LogP contribution < -0.4 is 9.47 Å². The molecule has 1 aromatic carbocycles. The lowest BCUT2D eigenvalue weighted by atomic mass is 10.2. The molecule has 1 amide bonds. The summed E-state index contributed by atoms with van der Waals surface area (Å²) in [7, 11) is 0. The molecular formula is C19H27NO6. The molecule has 7 heteroatoms. The molecule has 0 radical (unpaired) electrons. The van der Waals surface area contributed by atoms with Crippen LogP contribution in [0.2, 0.25) is 0 Å². The van der Waals surface area contributed by atoms with Crippen LogP contribution in [0.4, 0.5) is 4.79 Å². The third-order valence-corrected chi connectivity index (χ3v) is 3.78. The highest BCUT2D eigenvalue weighted by molar-refractivity contribution is 5.81. The van der Waals surface area contributed by atoms with Crippen molar-refractivity contribution in [2.45, 2.75) is 58.3 Å². The lowest BCUT2D eigenvalue weighted by Gasteiger charge is -2.26. The summed E-state index contributed by atoms with van der Waals surface area (Å²) in [5.74, 6) is 0.295. The highest BCUT2D eigenvalue weighted by Gasteiger charge is 2.42. The van der Waals surface area contributed by atoms with Crippen LogP contribution in [0.1, 0.15) is 40.5 Å². The molecule has 26 heavy (non-hydrogen) atoms. The second-order valence-electron chi connectivity index (χ2n) is 7.28. The second kappa shape index (κ2) is 8.29. The Morgan fingerprint density at radius 1 is 1.19 bits per heavy atom. The van der Waals surface area contributed by atoms with Gasteiger partial charge in [0.15, 0.2) is 0 Å². The predicted molar refractivity (Wildman–Crippen MR) is 95.6 cm³/mol. The summed E-state index contributed by atoms with van der Waals surface area (Å²) in [5.41, 5.74) is -0.687. The lowest BCUT2D eigenvalue weighted by molar-refractivity contribution is -0.142. The number of likely N-dealkylation sites (tertiary alicyclic amines) is 1. The molecule has 2 atom stereocenters. The maximum atomic E-state index is 12.3. The summed E-state index contributed by atoms with van der Waals surface area (Å²) in [5, 5.41) is 9.41. The molecule has 144 valence electrons. The van der Waals surface area contributed by atoms with Crippen LogP contribution in [0, 0.1) is 0 Å². The number of carboxylic acid groups (broad SMARTS) is 1. The Bertz CT molecular complexity index is 622. The fraction of sp³-hybridized carbons (Fsp3) is 0.579. The molecule has 1 aliphatic heterocycles. The monoisotopic (exact) mass is 365 g/mol. The first kappa shape index (κ1) is 19.9. The Balaban J connectivity index is 2.00. The highest BCUT2D eigenvalue weighted by atomic mass is 16.6. The molecule has 1 aliphatic rings. The molecule has 1 saturated heterocycles. The van der Waals surface area contributed by atoms with Gasteiger partial charge in [0.05, 0.1) is 13.2 Å². The van der Waals surface area contributed by atoms with Crippen molar-refractivity contribution < 1.29 is 28.9 Å². The van der Waals surface area contributed by atoms with Gasteiger partial charge in [0.25, 0.3) is 0 Å². The molecule has 0 aliphatic carbocycles. The van der Waals surface area contributed by atoms with Gasteiger partial charge in [-0.05, 0) is 51.5 Å². The minimum Gasteiger partial charge on any atom is -0.494 e. The third kappa shape index (κ3) is 5.54. The van der Waals surface area contributed by atoms with Crippen molar-refractivity contribution in [2.75, 3.05) is 13.2 Å². The molecule has 0 unspecified atom stereocenters. The van der Waals surface area contributed by atoms with Gasteiger partial charge >= 0.3 is 12.1 Å². The number of amides is 1. The van der Waals surface area contributed by atoms with E-state index in [1.54, 1.807) is 45.0 Å². The Morgan fingerprint density at radius 3 is 2.35 bits per heavy atom. The number of aliphatic carboxylic acids is 1. The van der Waals surface area contributed by atoms with Crippen molar-refractivity contribution in [3.63, 3.8) is 0 Å². The van der Waals surface area contributed by atoms with Gasteiger partial charge < -0.3 is 19.3 Å². The molecule has 2 rings (SSSR count). The summed E-state index contributed by atoms with van der Waals surface area (Å²) >= 11 is 0. The van der Waals surface area contributed by atoms with E-state index in [0.29, 0.717) is 12.4 Å². The number of nitrogens with zero attached hydrogens (tertiary/aromatic N) is 1. The van der Waals surface area contributed by atoms with Gasteiger partial charge in [-0.1, -0.05) is 6.92 Å². The second-order valence-corrected chi connectivity index (χ2v) is 7.28. The Kier molecular flexibility index (Phi) is 6.34. The van der Waals surface area contributed by atoms with E-state index in [-0.39, 0.29) is 13.0 Å². The molecule has 1 fully saturated rings. The molecule has 0 saturated carbocycles. The largest absolute Gasteiger partial charge is 0.494 e. The molecule has 1 heterocycles. The van der Waals surface area contributed by atoms with E-state index in [4.69, 9.17) is 14.2 Å². The molecular weight excluding hydrogens is 338 g/mol. The van der Waals surface area contributed by atoms with Gasteiger partial charge in [-0.15, -0.1) is 0 Å². The molecule has 1 aromatic rings. The van der Waals surface area contributed by atoms with Crippen molar-refractivity contribution in [1.29, 1.82) is 0 Å². The van der Waals surface area contributed by atoms with Crippen molar-refractivity contribution >= 4 is 12.1 Å². The summed E-state index contributed by atoms with van der Waals surface area (Å²) in [4.78, 5) is 25.0. The SMILES string of the molecule is CCCOc1ccc(O[C@@H]2C[C@H](C(=O)O)N(C(=O)OC(C)(C)C)C2)cc1. The zero-order valence-electron chi connectivity index (χ0n) is 15.7. The van der Waals surface area contributed by atoms with Crippen LogP contribution in [0.25, 0.3) is 0 Å². The van der Waals surface area contributed by atoms with Crippen LogP contribution in [-0.4, -0.2) is 53.0 Å². The fourth-order valence-electron chi connectivity index (χ4n) is 2.67. The van der Waals surface area contributed by atoms with Crippen LogP contribution in [0.5, 0.6) is 11.5 Å². The summed E-state index contributed by atoms with van der Waals surface area (Å²) in [6, 6.07) is 6.20. The van der Waals surface area contributed by atoms with E-state index in [1.807, 2.05) is 6.92 Å². The van der Waals surface area contributed by atoms with Crippen molar-refractivity contribution in [3.05, 3.63) is 24.3 Å². The van der Waals surface area contributed by atoms with Gasteiger partial charge in [-0.25, -0.2) is 9.59 Å². The van der Waals surface area contributed by atoms with Crippen LogP contribution in [0.3, 0.4) is 0 Å². The Morgan fingerprint density at radius 2 is 1.81 bits per heavy atom. The number of hydrogen-bond acceptors (Lipinski definition) is 5. The molecule has 0 aromatic heterocycles. The zero-order chi connectivity index (χ0) is 19.3. The number of carboxylic acids is 1. The van der Waals surface area contributed by atoms with Gasteiger partial charge in [0, 0.05) is 6.42 Å². The van der Waals surface area contributed by atoms with E-state index >= 15 is 0 Å². The van der Waals surface area contributed by atoms with E-state index in [1.165, 1.54) is 4.90 Å². The Labute approximate surface area is 153 Å². The summed E-state index contributed by atoms with van der Waals surface area (Å²) < 4.78 is 16.7. The molecule has 0 bridgehead atoms. The Hall–Kier alpha value is -2.44. The highest BCUT2D eigenvalue weighted by Crippen LogP contribution is 2.26. The van der Waals surface area contributed by atoms with Crippen LogP contribution in [-0.2, 0) is 9.53 Å². The van der Waals surface area contributed by atoms with E-state index < -0.39 is 29.8 Å². The number of carbonyl (C=O) groups excluding carboxylic acids is 1. The van der Waals surface area contributed by atoms with E-state index in [2.05, 4.69) is 0 Å². The smallest absolute Gasteiger partial charge is 0.411 e. The summed E-state index contributed by atoms with van der Waals surface area (Å²) in [6.45, 7) is 8.08. The molecule has 0 spiro atoms. The molecule has 7 nitrogen and oxygen atoms in total. The topological polar surface area (TPSA) is 85.3 Å². The summed E-state index contributed by atoms with van der Waals surface area (Å²) in [6.07, 6.45) is 0.0883. The van der Waals surface area contributed by atoms with Gasteiger partial charge in [0.1, 0.15) is 29.2 Å². The average Bonchev–Trinajstić information content (AvgIpc) is 2.97. The first-order valence-electron chi connectivity index (χ1n) is 8.81. The minimum absolute atomic E-state index is 0.167. The first-order chi connectivity index (χ1) is 12.2. The number of carbonyl (C=O) groups is 2. The van der Waals surface area contributed by atoms with Crippen molar-refractivity contribution in [2.24, 2.45) is 0 Å². The van der Waals surface area contributed by atoms with Crippen molar-refractivity contribution in [1.82, 2.24) is 4.90 Å². The zero-order valence-corrected chi connectivity index (χ0v) is 15.7. The predicted octanol–water partition coefficient (Wildman–Crippen LogP) is 3.32. The van der Waals surface area contributed by atoms with E-state index in [9.17, 15) is 14.7 Å². The number of ether oxygens (including phenoxy) is 3. The molecule has 1 N–H and O–H groups in total. The quantitative estimate of drug-likeness (QED) is 0.832. The maximum absolute atomic E-state index is 12.3. The standard InChI is InChI=1S/C19H27NO6/c1-5-10-24-13-6-8-14(9-7-13)25-15-11-16(17(21)22)20(12-15)18(23)26-19(2,3)4/h6-9,15-16H,5,10-12H2,1-4H3,(H,21,22)/t15-,16-/m1/s1. The normalized spacial score (nSPS) is 19.9. The number of hydrogen-bond donors (Lipinski definition) is 1. The fourth-order valence-corrected chi connectivity index (χ4v) is 2.67. The van der Waals surface area contributed by atoms with Gasteiger partial charge in [-0.2, -0.15) is 0 Å². The first-order valence-corrected chi connectivity index (χ1v) is 8.81. The van der Waals surface area contributed by atoms with Gasteiger partial charge in [0.2, 0.25) is 0 Å². The third-order valence-electron chi connectivity index (χ3n) is 3.78. The maximum Gasteiger partial charge on any atom is 0.411 e. The lowest BCUT2D eigenvalue weighted by Crippen LogP contribution is -2.43. The van der Waals surface area contributed by atoms with Gasteiger partial charge in [-0.3, -0.25) is 4.90 Å². The van der Waals surface area contributed by atoms with Crippen LogP contribution in [0.15, 0.2) is 24.3 Å². The number of benzene rings is 1.